The van der Waals surface area contributed by atoms with Crippen LogP contribution in [0.4, 0.5) is 0 Å². The maximum Gasteiger partial charge on any atom is 0.307 e. The molecule has 27 heavy (non-hydrogen) atoms. The van der Waals surface area contributed by atoms with Crippen LogP contribution >= 0.6 is 0 Å². The summed E-state index contributed by atoms with van der Waals surface area (Å²) in [5, 5.41) is 6.39. The highest BCUT2D eigenvalue weighted by atomic mass is 16.5. The van der Waals surface area contributed by atoms with Crippen LogP contribution in [0, 0.1) is 5.92 Å². The summed E-state index contributed by atoms with van der Waals surface area (Å²) in [6.07, 6.45) is 3.81. The highest BCUT2D eigenvalue weighted by molar-refractivity contribution is 5.78. The van der Waals surface area contributed by atoms with Crippen molar-refractivity contribution in [3.8, 4) is 0 Å². The van der Waals surface area contributed by atoms with Gasteiger partial charge in [0.2, 0.25) is 5.91 Å². The van der Waals surface area contributed by atoms with Crippen LogP contribution in [-0.4, -0.2) is 32.1 Å². The molecule has 1 heterocycles. The van der Waals surface area contributed by atoms with E-state index in [1.807, 2.05) is 12.1 Å². The Hall–Kier alpha value is -1.88. The van der Waals surface area contributed by atoms with E-state index in [-0.39, 0.29) is 29.8 Å². The lowest BCUT2D eigenvalue weighted by molar-refractivity contribution is -0.141. The van der Waals surface area contributed by atoms with E-state index in [1.54, 1.807) is 0 Å². The van der Waals surface area contributed by atoms with E-state index >= 15 is 0 Å². The van der Waals surface area contributed by atoms with Crippen LogP contribution in [0.1, 0.15) is 70.0 Å². The first-order valence-electron chi connectivity index (χ1n) is 9.97. The van der Waals surface area contributed by atoms with Crippen molar-refractivity contribution in [2.45, 2.75) is 64.3 Å². The fourth-order valence-corrected chi connectivity index (χ4v) is 3.49. The minimum atomic E-state index is -0.355. The Morgan fingerprint density at radius 2 is 1.81 bits per heavy atom. The van der Waals surface area contributed by atoms with E-state index in [0.717, 1.165) is 37.9 Å². The Balaban J connectivity index is 2.00. The molecule has 0 bridgehead atoms. The second-order valence-corrected chi connectivity index (χ2v) is 8.50. The van der Waals surface area contributed by atoms with Crippen LogP contribution in [0.3, 0.4) is 0 Å². The molecule has 1 saturated heterocycles. The Morgan fingerprint density at radius 3 is 2.37 bits per heavy atom. The standard InChI is InChI=1S/C22H34N2O3/c1-22(2,3)18-8-6-17(7-9-18)19(15-21(26)27-4)24-20(25)10-5-16-11-13-23-14-12-16/h6-9,16,19,23H,5,10-15H2,1-4H3,(H,24,25). The molecule has 2 rings (SSSR count). The van der Waals surface area contributed by atoms with E-state index in [4.69, 9.17) is 4.74 Å². The van der Waals surface area contributed by atoms with Crippen molar-refractivity contribution >= 4 is 11.9 Å². The molecule has 0 radical (unpaired) electrons. The second kappa shape index (κ2) is 9.88. The van der Waals surface area contributed by atoms with Crippen molar-refractivity contribution in [2.75, 3.05) is 20.2 Å². The van der Waals surface area contributed by atoms with Gasteiger partial charge in [-0.15, -0.1) is 0 Å². The monoisotopic (exact) mass is 374 g/mol. The van der Waals surface area contributed by atoms with Crippen molar-refractivity contribution < 1.29 is 14.3 Å². The second-order valence-electron chi connectivity index (χ2n) is 8.50. The molecule has 150 valence electrons. The van der Waals surface area contributed by atoms with Gasteiger partial charge in [0.1, 0.15) is 0 Å². The van der Waals surface area contributed by atoms with Gasteiger partial charge in [0.05, 0.1) is 19.6 Å². The van der Waals surface area contributed by atoms with Crippen molar-refractivity contribution in [2.24, 2.45) is 5.92 Å². The zero-order valence-corrected chi connectivity index (χ0v) is 17.1. The highest BCUT2D eigenvalue weighted by Gasteiger charge is 2.21. The highest BCUT2D eigenvalue weighted by Crippen LogP contribution is 2.25. The predicted octanol–water partition coefficient (Wildman–Crippen LogP) is 3.48. The minimum absolute atomic E-state index is 0.00216. The minimum Gasteiger partial charge on any atom is -0.469 e. The average molecular weight is 375 g/mol. The number of piperidine rings is 1. The fourth-order valence-electron chi connectivity index (χ4n) is 3.49. The molecule has 1 fully saturated rings. The van der Waals surface area contributed by atoms with Crippen LogP contribution in [0.2, 0.25) is 0 Å². The molecule has 1 atom stereocenters. The smallest absolute Gasteiger partial charge is 0.307 e. The van der Waals surface area contributed by atoms with Crippen molar-refractivity contribution in [1.82, 2.24) is 10.6 Å². The third kappa shape index (κ3) is 6.98. The Labute approximate surface area is 163 Å². The molecule has 2 N–H and O–H groups in total. The quantitative estimate of drug-likeness (QED) is 0.717. The summed E-state index contributed by atoms with van der Waals surface area (Å²) in [6, 6.07) is 7.79. The van der Waals surface area contributed by atoms with Gasteiger partial charge in [0.15, 0.2) is 0 Å². The average Bonchev–Trinajstić information content (AvgIpc) is 2.66. The maximum atomic E-state index is 12.5. The zero-order chi connectivity index (χ0) is 19.9. The first kappa shape index (κ1) is 21.4. The lowest BCUT2D eigenvalue weighted by Crippen LogP contribution is -2.32. The molecule has 1 aromatic rings. The first-order chi connectivity index (χ1) is 12.8. The largest absolute Gasteiger partial charge is 0.469 e. The van der Waals surface area contributed by atoms with Gasteiger partial charge in [0, 0.05) is 6.42 Å². The van der Waals surface area contributed by atoms with Crippen molar-refractivity contribution in [3.05, 3.63) is 35.4 Å². The summed E-state index contributed by atoms with van der Waals surface area (Å²) in [5.41, 5.74) is 2.22. The van der Waals surface area contributed by atoms with E-state index < -0.39 is 0 Å². The molecule has 0 spiro atoms. The topological polar surface area (TPSA) is 67.4 Å². The Morgan fingerprint density at radius 1 is 1.19 bits per heavy atom. The summed E-state index contributed by atoms with van der Waals surface area (Å²) >= 11 is 0. The van der Waals surface area contributed by atoms with E-state index in [1.165, 1.54) is 12.7 Å². The van der Waals surface area contributed by atoms with Gasteiger partial charge < -0.3 is 15.4 Å². The number of rotatable bonds is 7. The zero-order valence-electron chi connectivity index (χ0n) is 17.1. The van der Waals surface area contributed by atoms with Crippen molar-refractivity contribution in [1.29, 1.82) is 0 Å². The summed E-state index contributed by atoms with van der Waals surface area (Å²) in [6.45, 7) is 8.57. The number of carbonyl (C=O) groups excluding carboxylic acids is 2. The number of benzene rings is 1. The number of hydrogen-bond donors (Lipinski definition) is 2. The van der Waals surface area contributed by atoms with Gasteiger partial charge in [-0.05, 0) is 54.8 Å². The number of ether oxygens (including phenoxy) is 1. The van der Waals surface area contributed by atoms with E-state index in [9.17, 15) is 9.59 Å². The molecule has 1 amide bonds. The van der Waals surface area contributed by atoms with Gasteiger partial charge in [-0.1, -0.05) is 45.0 Å². The number of nitrogens with one attached hydrogen (secondary N) is 2. The molecular formula is C22H34N2O3. The molecule has 5 nitrogen and oxygen atoms in total. The maximum absolute atomic E-state index is 12.5. The molecular weight excluding hydrogens is 340 g/mol. The SMILES string of the molecule is COC(=O)CC(NC(=O)CCC1CCNCC1)c1ccc(C(C)(C)C)cc1. The molecule has 1 aliphatic heterocycles. The summed E-state index contributed by atoms with van der Waals surface area (Å²) in [7, 11) is 1.38. The van der Waals surface area contributed by atoms with Gasteiger partial charge in [-0.2, -0.15) is 0 Å². The van der Waals surface area contributed by atoms with Gasteiger partial charge in [0.25, 0.3) is 0 Å². The number of methoxy groups -OCH3 is 1. The lowest BCUT2D eigenvalue weighted by Gasteiger charge is -2.24. The molecule has 5 heteroatoms. The van der Waals surface area contributed by atoms with Crippen LogP contribution in [0.25, 0.3) is 0 Å². The molecule has 0 aromatic heterocycles. The lowest BCUT2D eigenvalue weighted by atomic mass is 9.86. The predicted molar refractivity (Wildman–Crippen MR) is 107 cm³/mol. The van der Waals surface area contributed by atoms with Gasteiger partial charge in [-0.25, -0.2) is 0 Å². The molecule has 1 aromatic carbocycles. The van der Waals surface area contributed by atoms with Crippen LogP contribution in [-0.2, 0) is 19.7 Å². The van der Waals surface area contributed by atoms with Crippen molar-refractivity contribution in [3.63, 3.8) is 0 Å². The summed E-state index contributed by atoms with van der Waals surface area (Å²) in [4.78, 5) is 24.3. The number of esters is 1. The number of amides is 1. The van der Waals surface area contributed by atoms with Crippen LogP contribution < -0.4 is 10.6 Å². The molecule has 0 saturated carbocycles. The Bertz CT molecular complexity index is 613. The van der Waals surface area contributed by atoms with Crippen LogP contribution in [0.15, 0.2) is 24.3 Å². The summed E-state index contributed by atoms with van der Waals surface area (Å²) in [5.74, 6) is 0.294. The van der Waals surface area contributed by atoms with Gasteiger partial charge in [-0.3, -0.25) is 9.59 Å². The molecule has 1 unspecified atom stereocenters. The first-order valence-corrected chi connectivity index (χ1v) is 9.97. The molecule has 0 aliphatic carbocycles. The van der Waals surface area contributed by atoms with E-state index in [2.05, 4.69) is 43.5 Å². The third-order valence-electron chi connectivity index (χ3n) is 5.35. The number of carbonyl (C=O) groups is 2. The van der Waals surface area contributed by atoms with Gasteiger partial charge >= 0.3 is 5.97 Å². The summed E-state index contributed by atoms with van der Waals surface area (Å²) < 4.78 is 4.82. The van der Waals surface area contributed by atoms with Crippen LogP contribution in [0.5, 0.6) is 0 Å². The third-order valence-corrected chi connectivity index (χ3v) is 5.35. The normalized spacial score (nSPS) is 16.6. The van der Waals surface area contributed by atoms with E-state index in [0.29, 0.717) is 12.3 Å². The Kier molecular flexibility index (Phi) is 7.84. The molecule has 1 aliphatic rings. The fraction of sp³-hybridized carbons (Fsp3) is 0.636. The number of hydrogen-bond acceptors (Lipinski definition) is 4.